The summed E-state index contributed by atoms with van der Waals surface area (Å²) in [5.74, 6) is -1.00. The van der Waals surface area contributed by atoms with Crippen LogP contribution in [0.2, 0.25) is 0 Å². The van der Waals surface area contributed by atoms with E-state index < -0.39 is 29.3 Å². The molecule has 1 amide bonds. The van der Waals surface area contributed by atoms with Crippen molar-refractivity contribution >= 4 is 11.6 Å². The zero-order valence-electron chi connectivity index (χ0n) is 15.3. The summed E-state index contributed by atoms with van der Waals surface area (Å²) in [5, 5.41) is 13.7. The van der Waals surface area contributed by atoms with Gasteiger partial charge in [-0.1, -0.05) is 6.07 Å². The number of nitro groups is 1. The number of nitrogens with one attached hydrogen (secondary N) is 1. The molecule has 0 aliphatic carbocycles. The number of nitrogens with zero attached hydrogens (tertiary/aromatic N) is 2. The molecule has 0 bridgehead atoms. The molecule has 1 N–H and O–H groups in total. The molecule has 1 aromatic heterocycles. The van der Waals surface area contributed by atoms with Crippen molar-refractivity contribution in [2.24, 2.45) is 0 Å². The molecule has 1 heterocycles. The lowest BCUT2D eigenvalue weighted by atomic mass is 10.1. The van der Waals surface area contributed by atoms with Crippen LogP contribution in [-0.2, 0) is 6.54 Å². The number of nitro benzene ring substituents is 1. The summed E-state index contributed by atoms with van der Waals surface area (Å²) in [7, 11) is 2.58. The first-order valence-electron chi connectivity index (χ1n) is 7.98. The fraction of sp³-hybridized carbons (Fsp3) is 0.294. The minimum atomic E-state index is -4.56. The number of benzene rings is 1. The number of halogens is 3. The second-order valence-electron chi connectivity index (χ2n) is 5.54. The molecular weight excluding hydrogens is 399 g/mol. The van der Waals surface area contributed by atoms with E-state index in [4.69, 9.17) is 9.47 Å². The van der Waals surface area contributed by atoms with Gasteiger partial charge in [0, 0.05) is 24.4 Å². The van der Waals surface area contributed by atoms with Gasteiger partial charge in [0.05, 0.1) is 25.2 Å². The molecule has 0 aliphatic rings. The lowest BCUT2D eigenvalue weighted by molar-refractivity contribution is -0.385. The van der Waals surface area contributed by atoms with Gasteiger partial charge in [-0.05, 0) is 6.07 Å². The van der Waals surface area contributed by atoms with E-state index in [2.05, 4.69) is 15.0 Å². The van der Waals surface area contributed by atoms with Crippen molar-refractivity contribution in [2.45, 2.75) is 12.7 Å². The number of alkyl halides is 3. The number of aromatic nitrogens is 1. The van der Waals surface area contributed by atoms with Gasteiger partial charge < -0.3 is 19.5 Å². The van der Waals surface area contributed by atoms with E-state index in [1.807, 2.05) is 0 Å². The summed E-state index contributed by atoms with van der Waals surface area (Å²) in [6.07, 6.45) is -3.32. The second-order valence-corrected chi connectivity index (χ2v) is 5.54. The maximum atomic E-state index is 12.5. The van der Waals surface area contributed by atoms with E-state index in [-0.39, 0.29) is 35.1 Å². The fourth-order valence-electron chi connectivity index (χ4n) is 2.31. The Morgan fingerprint density at radius 1 is 1.24 bits per heavy atom. The van der Waals surface area contributed by atoms with Crippen molar-refractivity contribution in [1.29, 1.82) is 0 Å². The highest BCUT2D eigenvalue weighted by atomic mass is 19.4. The predicted octanol–water partition coefficient (Wildman–Crippen LogP) is 2.88. The average Bonchev–Trinajstić information content (AvgIpc) is 2.69. The van der Waals surface area contributed by atoms with Gasteiger partial charge in [-0.25, -0.2) is 4.98 Å². The van der Waals surface area contributed by atoms with Crippen LogP contribution < -0.4 is 19.5 Å². The summed E-state index contributed by atoms with van der Waals surface area (Å²) in [6, 6.07) is 5.02. The van der Waals surface area contributed by atoms with E-state index in [9.17, 15) is 28.1 Å². The average molecular weight is 415 g/mol. The molecule has 2 rings (SSSR count). The van der Waals surface area contributed by atoms with Gasteiger partial charge in [0.15, 0.2) is 18.1 Å². The van der Waals surface area contributed by atoms with Crippen LogP contribution in [0, 0.1) is 10.1 Å². The topological polar surface area (TPSA) is 113 Å². The molecule has 12 heteroatoms. The van der Waals surface area contributed by atoms with Crippen LogP contribution in [0.3, 0.4) is 0 Å². The number of methoxy groups -OCH3 is 2. The van der Waals surface area contributed by atoms with Crippen LogP contribution in [0.25, 0.3) is 0 Å². The van der Waals surface area contributed by atoms with Crippen molar-refractivity contribution in [2.75, 3.05) is 20.8 Å². The van der Waals surface area contributed by atoms with E-state index >= 15 is 0 Å². The lowest BCUT2D eigenvalue weighted by Gasteiger charge is -2.13. The van der Waals surface area contributed by atoms with E-state index in [1.54, 1.807) is 0 Å². The fourth-order valence-corrected chi connectivity index (χ4v) is 2.31. The number of hydrogen-bond acceptors (Lipinski definition) is 7. The SMILES string of the molecule is COc1cc(C(=O)NCc2cccnc2OCC(F)(F)F)c([N+](=O)[O-])cc1OC. The van der Waals surface area contributed by atoms with Crippen LogP contribution in [0.15, 0.2) is 30.5 Å². The first kappa shape index (κ1) is 21.7. The third-order valence-electron chi connectivity index (χ3n) is 3.61. The van der Waals surface area contributed by atoms with Crippen LogP contribution in [0.5, 0.6) is 17.4 Å². The summed E-state index contributed by atoms with van der Waals surface area (Å²) in [4.78, 5) is 26.7. The Balaban J connectivity index is 2.23. The van der Waals surface area contributed by atoms with Crippen molar-refractivity contribution in [3.05, 3.63) is 51.7 Å². The van der Waals surface area contributed by atoms with Crippen LogP contribution >= 0.6 is 0 Å². The molecule has 29 heavy (non-hydrogen) atoms. The molecular formula is C17H16F3N3O6. The number of hydrogen-bond donors (Lipinski definition) is 1. The highest BCUT2D eigenvalue weighted by Gasteiger charge is 2.29. The predicted molar refractivity (Wildman–Crippen MR) is 93.2 cm³/mol. The summed E-state index contributed by atoms with van der Waals surface area (Å²) in [5.41, 5.74) is -0.678. The molecule has 0 aliphatic heterocycles. The van der Waals surface area contributed by atoms with Gasteiger partial charge in [0.2, 0.25) is 5.88 Å². The van der Waals surface area contributed by atoms with Crippen molar-refractivity contribution in [1.82, 2.24) is 10.3 Å². The summed E-state index contributed by atoms with van der Waals surface area (Å²) >= 11 is 0. The first-order chi connectivity index (χ1) is 13.7. The van der Waals surface area contributed by atoms with Gasteiger partial charge in [-0.3, -0.25) is 14.9 Å². The Hall–Kier alpha value is -3.57. The lowest BCUT2D eigenvalue weighted by Crippen LogP contribution is -2.25. The molecule has 0 spiro atoms. The van der Waals surface area contributed by atoms with Crippen LogP contribution in [0.4, 0.5) is 18.9 Å². The molecule has 0 atom stereocenters. The van der Waals surface area contributed by atoms with E-state index in [0.717, 1.165) is 12.1 Å². The molecule has 0 radical (unpaired) electrons. The number of pyridine rings is 1. The third kappa shape index (κ3) is 5.70. The minimum Gasteiger partial charge on any atom is -0.493 e. The minimum absolute atomic E-state index is 0.0610. The third-order valence-corrected chi connectivity index (χ3v) is 3.61. The monoisotopic (exact) mass is 415 g/mol. The molecule has 1 aromatic carbocycles. The molecule has 0 saturated heterocycles. The zero-order chi connectivity index (χ0) is 21.6. The Kier molecular flexibility index (Phi) is 6.80. The number of rotatable bonds is 8. The van der Waals surface area contributed by atoms with E-state index in [1.165, 1.54) is 32.5 Å². The molecule has 156 valence electrons. The highest BCUT2D eigenvalue weighted by molar-refractivity contribution is 5.99. The van der Waals surface area contributed by atoms with Gasteiger partial charge in [-0.15, -0.1) is 0 Å². The summed E-state index contributed by atoms with van der Waals surface area (Å²) in [6.45, 7) is -1.82. The number of carbonyl (C=O) groups excluding carboxylic acids is 1. The molecule has 0 saturated carbocycles. The Bertz CT molecular complexity index is 904. The second kappa shape index (κ2) is 9.08. The zero-order valence-corrected chi connectivity index (χ0v) is 15.3. The van der Waals surface area contributed by atoms with Gasteiger partial charge in [0.1, 0.15) is 5.56 Å². The molecule has 0 fully saturated rings. The Morgan fingerprint density at radius 3 is 2.48 bits per heavy atom. The standard InChI is InChI=1S/C17H16F3N3O6/c1-27-13-6-11(12(23(25)26)7-14(13)28-2)15(24)22-8-10-4-3-5-21-16(10)29-9-17(18,19)20/h3-7H,8-9H2,1-2H3,(H,22,24). The summed E-state index contributed by atoms with van der Waals surface area (Å²) < 4.78 is 51.7. The normalized spacial score (nSPS) is 10.9. The van der Waals surface area contributed by atoms with Crippen LogP contribution in [0.1, 0.15) is 15.9 Å². The van der Waals surface area contributed by atoms with Crippen molar-refractivity contribution in [3.8, 4) is 17.4 Å². The maximum Gasteiger partial charge on any atom is 0.422 e. The van der Waals surface area contributed by atoms with Crippen molar-refractivity contribution < 1.29 is 37.1 Å². The van der Waals surface area contributed by atoms with Crippen LogP contribution in [-0.4, -0.2) is 42.8 Å². The largest absolute Gasteiger partial charge is 0.493 e. The smallest absolute Gasteiger partial charge is 0.422 e. The Labute approximate surface area is 162 Å². The molecule has 9 nitrogen and oxygen atoms in total. The molecule has 0 unspecified atom stereocenters. The number of amides is 1. The molecule has 2 aromatic rings. The van der Waals surface area contributed by atoms with Gasteiger partial charge in [0.25, 0.3) is 11.6 Å². The quantitative estimate of drug-likeness (QED) is 0.521. The maximum absolute atomic E-state index is 12.5. The van der Waals surface area contributed by atoms with Crippen molar-refractivity contribution in [3.63, 3.8) is 0 Å². The number of carbonyl (C=O) groups is 1. The van der Waals surface area contributed by atoms with Gasteiger partial charge >= 0.3 is 6.18 Å². The van der Waals surface area contributed by atoms with E-state index in [0.29, 0.717) is 0 Å². The van der Waals surface area contributed by atoms with Gasteiger partial charge in [-0.2, -0.15) is 13.2 Å². The Morgan fingerprint density at radius 2 is 1.90 bits per heavy atom. The number of ether oxygens (including phenoxy) is 3. The first-order valence-corrected chi connectivity index (χ1v) is 7.98. The highest BCUT2D eigenvalue weighted by Crippen LogP contribution is 2.34.